The number of nitrogens with one attached hydrogen (secondary N) is 1. The molecule has 34 heavy (non-hydrogen) atoms. The van der Waals surface area contributed by atoms with E-state index in [0.717, 1.165) is 17.2 Å². The van der Waals surface area contributed by atoms with Gasteiger partial charge in [0.05, 0.1) is 25.5 Å². The third-order valence-electron chi connectivity index (χ3n) is 5.86. The maximum Gasteiger partial charge on any atom is 0.269 e. The number of nitrogens with zero attached hydrogens (tertiary/aromatic N) is 4. The predicted molar refractivity (Wildman–Crippen MR) is 131 cm³/mol. The van der Waals surface area contributed by atoms with Crippen LogP contribution in [0.2, 0.25) is 0 Å². The Hall–Kier alpha value is -3.92. The van der Waals surface area contributed by atoms with Gasteiger partial charge in [-0.2, -0.15) is 0 Å². The second-order valence-electron chi connectivity index (χ2n) is 7.77. The zero-order valence-corrected chi connectivity index (χ0v) is 19.6. The zero-order valence-electron chi connectivity index (χ0n) is 18.8. The van der Waals surface area contributed by atoms with E-state index in [1.165, 1.54) is 11.3 Å². The van der Waals surface area contributed by atoms with Crippen molar-refractivity contribution in [1.29, 1.82) is 0 Å². The molecular formula is C24H23N5O4S. The first kappa shape index (κ1) is 21.9. The van der Waals surface area contributed by atoms with Gasteiger partial charge in [0, 0.05) is 43.8 Å². The molecule has 1 aliphatic heterocycles. The molecular weight excluding hydrogens is 454 g/mol. The number of hydrogen-bond donors (Lipinski definition) is 1. The molecule has 0 aliphatic carbocycles. The van der Waals surface area contributed by atoms with Crippen molar-refractivity contribution in [3.8, 4) is 23.0 Å². The van der Waals surface area contributed by atoms with Crippen molar-refractivity contribution < 1.29 is 14.3 Å². The smallest absolute Gasteiger partial charge is 0.269 e. The minimum absolute atomic E-state index is 0.127. The highest BCUT2D eigenvalue weighted by Gasteiger charge is 2.27. The highest BCUT2D eigenvalue weighted by molar-refractivity contribution is 7.17. The summed E-state index contributed by atoms with van der Waals surface area (Å²) in [6.07, 6.45) is 1.64. The molecule has 4 heterocycles. The number of H-pyrrole nitrogens is 1. The van der Waals surface area contributed by atoms with Gasteiger partial charge < -0.3 is 24.3 Å². The van der Waals surface area contributed by atoms with Gasteiger partial charge in [-0.3, -0.25) is 14.6 Å². The predicted octanol–water partition coefficient (Wildman–Crippen LogP) is 3.03. The van der Waals surface area contributed by atoms with Crippen LogP contribution in [0.15, 0.2) is 52.8 Å². The van der Waals surface area contributed by atoms with Crippen molar-refractivity contribution in [1.82, 2.24) is 19.9 Å². The van der Waals surface area contributed by atoms with E-state index < -0.39 is 0 Å². The lowest BCUT2D eigenvalue weighted by Crippen LogP contribution is -2.48. The molecule has 0 spiro atoms. The van der Waals surface area contributed by atoms with Crippen LogP contribution >= 0.6 is 11.3 Å². The third-order valence-corrected chi connectivity index (χ3v) is 6.83. The van der Waals surface area contributed by atoms with E-state index in [9.17, 15) is 9.59 Å². The number of thiophene rings is 1. The molecule has 1 amide bonds. The molecule has 1 aromatic carbocycles. The molecule has 4 aromatic rings. The number of rotatable bonds is 5. The summed E-state index contributed by atoms with van der Waals surface area (Å²) in [5.74, 6) is 1.68. The van der Waals surface area contributed by atoms with Gasteiger partial charge >= 0.3 is 0 Å². The average molecular weight is 478 g/mol. The number of benzene rings is 1. The number of ether oxygens (including phenoxy) is 2. The van der Waals surface area contributed by atoms with E-state index in [4.69, 9.17) is 9.47 Å². The van der Waals surface area contributed by atoms with Crippen LogP contribution in [0.25, 0.3) is 21.7 Å². The Morgan fingerprint density at radius 1 is 1.09 bits per heavy atom. The Morgan fingerprint density at radius 3 is 2.62 bits per heavy atom. The van der Waals surface area contributed by atoms with Crippen LogP contribution in [-0.2, 0) is 0 Å². The molecule has 1 fully saturated rings. The molecule has 1 saturated heterocycles. The molecule has 5 rings (SSSR count). The number of aromatic amines is 1. The number of pyridine rings is 1. The molecule has 0 saturated carbocycles. The largest absolute Gasteiger partial charge is 0.497 e. The molecule has 0 atom stereocenters. The summed E-state index contributed by atoms with van der Waals surface area (Å²) in [6, 6.07) is 11.1. The highest BCUT2D eigenvalue weighted by atomic mass is 32.1. The highest BCUT2D eigenvalue weighted by Crippen LogP contribution is 2.33. The Labute approximate surface area is 199 Å². The normalized spacial score (nSPS) is 13.8. The molecule has 1 N–H and O–H groups in total. The van der Waals surface area contributed by atoms with E-state index in [2.05, 4.69) is 19.9 Å². The number of anilines is 1. The van der Waals surface area contributed by atoms with E-state index in [-0.39, 0.29) is 11.5 Å². The first-order chi connectivity index (χ1) is 16.6. The number of fused-ring (bicyclic) bond motifs is 1. The number of aromatic nitrogens is 3. The van der Waals surface area contributed by atoms with E-state index in [1.807, 2.05) is 24.3 Å². The van der Waals surface area contributed by atoms with Crippen molar-refractivity contribution in [3.05, 3.63) is 63.9 Å². The number of carbonyl (C=O) groups is 1. The number of piperazine rings is 1. The molecule has 10 heteroatoms. The van der Waals surface area contributed by atoms with E-state index in [0.29, 0.717) is 53.5 Å². The van der Waals surface area contributed by atoms with Gasteiger partial charge in [0.15, 0.2) is 5.82 Å². The summed E-state index contributed by atoms with van der Waals surface area (Å²) in [7, 11) is 3.25. The summed E-state index contributed by atoms with van der Waals surface area (Å²) in [5, 5.41) is 1.72. The number of methoxy groups -OCH3 is 2. The summed E-state index contributed by atoms with van der Waals surface area (Å²) < 4.78 is 11.3. The van der Waals surface area contributed by atoms with Gasteiger partial charge in [-0.05, 0) is 24.3 Å². The monoisotopic (exact) mass is 477 g/mol. The SMILES string of the molecule is COc1ccc(N2CCN(C(=O)c3csc4c(=O)[nH]c(-c5ccccn5)nc34)CC2)c(OC)c1. The minimum Gasteiger partial charge on any atom is -0.497 e. The fourth-order valence-corrected chi connectivity index (χ4v) is 4.94. The lowest BCUT2D eigenvalue weighted by molar-refractivity contribution is 0.0749. The van der Waals surface area contributed by atoms with Crippen molar-refractivity contribution in [3.63, 3.8) is 0 Å². The number of carbonyl (C=O) groups excluding carboxylic acids is 1. The lowest BCUT2D eigenvalue weighted by Gasteiger charge is -2.36. The molecule has 3 aromatic heterocycles. The molecule has 0 bridgehead atoms. The van der Waals surface area contributed by atoms with Gasteiger partial charge in [0.2, 0.25) is 0 Å². The molecule has 0 unspecified atom stereocenters. The minimum atomic E-state index is -0.272. The van der Waals surface area contributed by atoms with Gasteiger partial charge in [0.1, 0.15) is 27.4 Å². The maximum atomic E-state index is 13.4. The quantitative estimate of drug-likeness (QED) is 0.472. The second-order valence-corrected chi connectivity index (χ2v) is 8.65. The Morgan fingerprint density at radius 2 is 1.91 bits per heavy atom. The van der Waals surface area contributed by atoms with Crippen LogP contribution in [0.4, 0.5) is 5.69 Å². The number of amides is 1. The summed E-state index contributed by atoms with van der Waals surface area (Å²) in [5.41, 5.74) is 2.10. The van der Waals surface area contributed by atoms with Crippen LogP contribution in [0.3, 0.4) is 0 Å². The van der Waals surface area contributed by atoms with E-state index in [1.54, 1.807) is 42.8 Å². The van der Waals surface area contributed by atoms with Crippen molar-refractivity contribution in [2.45, 2.75) is 0 Å². The molecule has 9 nitrogen and oxygen atoms in total. The Bertz CT molecular complexity index is 1390. The van der Waals surface area contributed by atoms with Crippen LogP contribution in [0.5, 0.6) is 11.5 Å². The lowest BCUT2D eigenvalue weighted by atomic mass is 10.2. The standard InChI is InChI=1S/C24H23N5O4S/c1-32-15-6-7-18(19(13-15)33-2)28-9-11-29(12-10-28)24(31)16-14-34-21-20(16)26-22(27-23(21)30)17-5-3-4-8-25-17/h3-8,13-14H,9-12H2,1-2H3,(H,26,27,30). The van der Waals surface area contributed by atoms with Crippen LogP contribution in [0.1, 0.15) is 10.4 Å². The summed E-state index contributed by atoms with van der Waals surface area (Å²) >= 11 is 1.23. The summed E-state index contributed by atoms with van der Waals surface area (Å²) in [4.78, 5) is 41.6. The van der Waals surface area contributed by atoms with Gasteiger partial charge in [-0.15, -0.1) is 11.3 Å². The Balaban J connectivity index is 1.38. The summed E-state index contributed by atoms with van der Waals surface area (Å²) in [6.45, 7) is 2.40. The number of hydrogen-bond acceptors (Lipinski definition) is 8. The fraction of sp³-hybridized carbons (Fsp3) is 0.250. The second kappa shape index (κ2) is 9.14. The van der Waals surface area contributed by atoms with Crippen molar-refractivity contribution in [2.75, 3.05) is 45.3 Å². The molecule has 0 radical (unpaired) electrons. The van der Waals surface area contributed by atoms with Crippen LogP contribution in [0, 0.1) is 0 Å². The Kier molecular flexibility index (Phi) is 5.89. The zero-order chi connectivity index (χ0) is 23.7. The average Bonchev–Trinajstić information content (AvgIpc) is 3.33. The fourth-order valence-electron chi connectivity index (χ4n) is 4.07. The van der Waals surface area contributed by atoms with Gasteiger partial charge in [0.25, 0.3) is 11.5 Å². The van der Waals surface area contributed by atoms with Gasteiger partial charge in [-0.1, -0.05) is 6.07 Å². The van der Waals surface area contributed by atoms with Gasteiger partial charge in [-0.25, -0.2) is 4.98 Å². The first-order valence-electron chi connectivity index (χ1n) is 10.8. The topological polar surface area (TPSA) is 101 Å². The van der Waals surface area contributed by atoms with Crippen molar-refractivity contribution >= 4 is 33.1 Å². The molecule has 174 valence electrons. The molecule has 1 aliphatic rings. The first-order valence-corrected chi connectivity index (χ1v) is 11.7. The van der Waals surface area contributed by atoms with E-state index >= 15 is 0 Å². The van der Waals surface area contributed by atoms with Crippen LogP contribution < -0.4 is 19.9 Å². The maximum absolute atomic E-state index is 13.4. The van der Waals surface area contributed by atoms with Crippen LogP contribution in [-0.4, -0.2) is 66.2 Å². The third kappa shape index (κ3) is 3.96. The van der Waals surface area contributed by atoms with Crippen molar-refractivity contribution in [2.24, 2.45) is 0 Å².